The molecule has 0 saturated heterocycles. The first-order chi connectivity index (χ1) is 14.3. The van der Waals surface area contributed by atoms with Crippen LogP contribution >= 0.6 is 7.82 Å². The average molecular weight is 440 g/mol. The van der Waals surface area contributed by atoms with Crippen LogP contribution in [0.25, 0.3) is 0 Å². The van der Waals surface area contributed by atoms with Crippen LogP contribution in [0.5, 0.6) is 0 Å². The Balaban J connectivity index is 2.00. The highest BCUT2D eigenvalue weighted by atomic mass is 31.2. The lowest BCUT2D eigenvalue weighted by Gasteiger charge is -2.28. The molecule has 1 fully saturated rings. The third kappa shape index (κ3) is 5.94. The van der Waals surface area contributed by atoms with Crippen molar-refractivity contribution in [2.45, 2.75) is 84.2 Å². The zero-order valence-electron chi connectivity index (χ0n) is 17.9. The normalized spacial score (nSPS) is 17.0. The van der Waals surface area contributed by atoms with E-state index < -0.39 is 26.1 Å². The van der Waals surface area contributed by atoms with Gasteiger partial charge in [-0.2, -0.15) is 0 Å². The van der Waals surface area contributed by atoms with Gasteiger partial charge in [0.15, 0.2) is 11.9 Å². The van der Waals surface area contributed by atoms with E-state index in [0.717, 1.165) is 25.7 Å². The minimum atomic E-state index is -3.97. The fourth-order valence-electron chi connectivity index (χ4n) is 3.57. The molecule has 1 aliphatic rings. The van der Waals surface area contributed by atoms with E-state index in [0.29, 0.717) is 11.4 Å². The Kier molecular flexibility index (Phi) is 7.74. The van der Waals surface area contributed by atoms with Crippen LogP contribution in [0, 0.1) is 5.82 Å². The minimum absolute atomic E-state index is 0.131. The Morgan fingerprint density at radius 1 is 1.00 bits per heavy atom. The fraction of sp³-hybridized carbons (Fsp3) is 0.650. The van der Waals surface area contributed by atoms with Crippen molar-refractivity contribution < 1.29 is 22.5 Å². The lowest BCUT2D eigenvalue weighted by atomic mass is 9.95. The second kappa shape index (κ2) is 10.1. The monoisotopic (exact) mass is 440 g/mol. The third-order valence-electron chi connectivity index (χ3n) is 4.76. The van der Waals surface area contributed by atoms with Gasteiger partial charge >= 0.3 is 7.82 Å². The van der Waals surface area contributed by atoms with Crippen LogP contribution in [0.3, 0.4) is 0 Å². The third-order valence-corrected chi connectivity index (χ3v) is 6.59. The number of hydrogen-bond donors (Lipinski definition) is 0. The molecule has 8 nitrogen and oxygen atoms in total. The van der Waals surface area contributed by atoms with Crippen molar-refractivity contribution in [2.24, 2.45) is 0 Å². The van der Waals surface area contributed by atoms with Gasteiger partial charge in [-0.1, -0.05) is 31.4 Å². The van der Waals surface area contributed by atoms with Crippen LogP contribution in [0.4, 0.5) is 4.39 Å². The highest BCUT2D eigenvalue weighted by molar-refractivity contribution is 7.48. The van der Waals surface area contributed by atoms with Crippen LogP contribution in [0.1, 0.15) is 83.3 Å². The van der Waals surface area contributed by atoms with E-state index in [9.17, 15) is 8.96 Å². The van der Waals surface area contributed by atoms with Gasteiger partial charge in [0.1, 0.15) is 5.82 Å². The van der Waals surface area contributed by atoms with Crippen LogP contribution in [0.2, 0.25) is 0 Å². The molecule has 166 valence electrons. The number of halogens is 1. The zero-order valence-corrected chi connectivity index (χ0v) is 18.8. The van der Waals surface area contributed by atoms with Crippen LogP contribution in [0.15, 0.2) is 24.3 Å². The van der Waals surface area contributed by atoms with Crippen molar-refractivity contribution in [1.29, 1.82) is 0 Å². The standard InChI is InChI=1S/C20H30FN4O4P/c1-14(2)27-30(26,28-15(3)4)29-19(16-10-12-17(21)13-11-16)20-22-23-24-25(20)18-8-6-5-7-9-18/h10-15,18-19H,5-9H2,1-4H3. The maximum atomic E-state index is 13.6. The number of phosphoric acid groups is 1. The predicted octanol–water partition coefficient (Wildman–Crippen LogP) is 5.38. The summed E-state index contributed by atoms with van der Waals surface area (Å²) in [5.41, 5.74) is 0.559. The molecule has 1 aromatic carbocycles. The van der Waals surface area contributed by atoms with Gasteiger partial charge in [-0.3, -0.25) is 13.6 Å². The summed E-state index contributed by atoms with van der Waals surface area (Å²) >= 11 is 0. The van der Waals surface area contributed by atoms with Gasteiger partial charge in [0.25, 0.3) is 0 Å². The number of nitrogens with zero attached hydrogens (tertiary/aromatic N) is 4. The molecule has 2 aromatic rings. The number of phosphoric ester groups is 1. The van der Waals surface area contributed by atoms with Gasteiger partial charge in [0, 0.05) is 0 Å². The molecular formula is C20H30FN4O4P. The fourth-order valence-corrected chi connectivity index (χ4v) is 5.23. The smallest absolute Gasteiger partial charge is 0.284 e. The van der Waals surface area contributed by atoms with Crippen molar-refractivity contribution in [3.63, 3.8) is 0 Å². The summed E-state index contributed by atoms with van der Waals surface area (Å²) in [6, 6.07) is 5.90. The summed E-state index contributed by atoms with van der Waals surface area (Å²) in [4.78, 5) is 0. The number of aromatic nitrogens is 4. The molecule has 1 aromatic heterocycles. The Bertz CT molecular complexity index is 839. The van der Waals surface area contributed by atoms with E-state index in [1.54, 1.807) is 44.5 Å². The summed E-state index contributed by atoms with van der Waals surface area (Å²) in [6.07, 6.45) is 3.56. The highest BCUT2D eigenvalue weighted by Crippen LogP contribution is 2.56. The predicted molar refractivity (Wildman–Crippen MR) is 109 cm³/mol. The van der Waals surface area contributed by atoms with Gasteiger partial charge in [-0.25, -0.2) is 13.6 Å². The molecule has 0 N–H and O–H groups in total. The Hall–Kier alpha value is -1.67. The van der Waals surface area contributed by atoms with E-state index in [1.165, 1.54) is 18.6 Å². The Morgan fingerprint density at radius 3 is 2.17 bits per heavy atom. The van der Waals surface area contributed by atoms with Gasteiger partial charge in [-0.05, 0) is 68.7 Å². The quantitative estimate of drug-likeness (QED) is 0.484. The van der Waals surface area contributed by atoms with E-state index >= 15 is 0 Å². The molecule has 1 unspecified atom stereocenters. The van der Waals surface area contributed by atoms with Crippen LogP contribution in [-0.2, 0) is 18.1 Å². The minimum Gasteiger partial charge on any atom is -0.284 e. The number of tetrazole rings is 1. The zero-order chi connectivity index (χ0) is 21.7. The molecule has 30 heavy (non-hydrogen) atoms. The van der Waals surface area contributed by atoms with Crippen molar-refractivity contribution in [3.8, 4) is 0 Å². The van der Waals surface area contributed by atoms with Crippen LogP contribution in [-0.4, -0.2) is 32.4 Å². The first-order valence-electron chi connectivity index (χ1n) is 10.5. The van der Waals surface area contributed by atoms with Crippen molar-refractivity contribution in [3.05, 3.63) is 41.5 Å². The molecular weight excluding hydrogens is 410 g/mol. The number of rotatable bonds is 9. The SMILES string of the molecule is CC(C)OP(=O)(OC(C)C)OC(c1ccc(F)cc1)c1nnnn1C1CCCCC1. The molecule has 0 bridgehead atoms. The maximum Gasteiger partial charge on any atom is 0.476 e. The van der Waals surface area contributed by atoms with E-state index in [2.05, 4.69) is 15.5 Å². The van der Waals surface area contributed by atoms with Crippen molar-refractivity contribution >= 4 is 7.82 Å². The molecule has 0 aliphatic heterocycles. The van der Waals surface area contributed by atoms with Crippen LogP contribution < -0.4 is 0 Å². The maximum absolute atomic E-state index is 13.6. The Labute approximate surface area is 176 Å². The van der Waals surface area contributed by atoms with E-state index in [4.69, 9.17) is 13.6 Å². The lowest BCUT2D eigenvalue weighted by Crippen LogP contribution is -2.21. The van der Waals surface area contributed by atoms with Gasteiger partial charge < -0.3 is 0 Å². The summed E-state index contributed by atoms with van der Waals surface area (Å²) in [6.45, 7) is 6.99. The summed E-state index contributed by atoms with van der Waals surface area (Å²) in [5, 5.41) is 12.2. The second-order valence-corrected chi connectivity index (χ2v) is 9.59. The van der Waals surface area contributed by atoms with Gasteiger partial charge in [0.2, 0.25) is 0 Å². The molecule has 0 radical (unpaired) electrons. The van der Waals surface area contributed by atoms with Gasteiger partial charge in [0.05, 0.1) is 18.2 Å². The first-order valence-corrected chi connectivity index (χ1v) is 11.9. The van der Waals surface area contributed by atoms with Crippen molar-refractivity contribution in [2.75, 3.05) is 0 Å². The lowest BCUT2D eigenvalue weighted by molar-refractivity contribution is 0.0523. The number of benzene rings is 1. The molecule has 0 spiro atoms. The average Bonchev–Trinajstić information content (AvgIpc) is 3.16. The summed E-state index contributed by atoms with van der Waals surface area (Å²) in [5.74, 6) is 0.0119. The summed E-state index contributed by atoms with van der Waals surface area (Å²) in [7, 11) is -3.97. The molecule has 0 amide bonds. The van der Waals surface area contributed by atoms with E-state index in [1.807, 2.05) is 0 Å². The number of hydrogen-bond acceptors (Lipinski definition) is 7. The van der Waals surface area contributed by atoms with Crippen molar-refractivity contribution in [1.82, 2.24) is 20.2 Å². The molecule has 1 saturated carbocycles. The van der Waals surface area contributed by atoms with E-state index in [-0.39, 0.29) is 11.9 Å². The largest absolute Gasteiger partial charge is 0.476 e. The highest BCUT2D eigenvalue weighted by Gasteiger charge is 2.38. The first kappa shape index (κ1) is 23.0. The second-order valence-electron chi connectivity index (χ2n) is 8.07. The topological polar surface area (TPSA) is 88.4 Å². The van der Waals surface area contributed by atoms with Gasteiger partial charge in [-0.15, -0.1) is 5.10 Å². The molecule has 1 aliphatic carbocycles. The Morgan fingerprint density at radius 2 is 1.60 bits per heavy atom. The molecule has 10 heteroatoms. The molecule has 3 rings (SSSR count). The summed E-state index contributed by atoms with van der Waals surface area (Å²) < 4.78 is 45.9. The molecule has 1 heterocycles. The molecule has 1 atom stereocenters.